The van der Waals surface area contributed by atoms with Gasteiger partial charge in [-0.2, -0.15) is 4.31 Å². The van der Waals surface area contributed by atoms with Crippen LogP contribution in [-0.2, 0) is 16.6 Å². The molecule has 0 saturated carbocycles. The minimum atomic E-state index is -3.51. The third-order valence-corrected chi connectivity index (χ3v) is 7.39. The van der Waals surface area contributed by atoms with E-state index in [0.717, 1.165) is 39.0 Å². The van der Waals surface area contributed by atoms with Crippen molar-refractivity contribution in [2.24, 2.45) is 10.7 Å². The molecule has 2 aliphatic heterocycles. The van der Waals surface area contributed by atoms with Gasteiger partial charge in [-0.05, 0) is 31.5 Å². The fourth-order valence-electron chi connectivity index (χ4n) is 3.62. The smallest absolute Gasteiger partial charge is 0.243 e. The van der Waals surface area contributed by atoms with Crippen molar-refractivity contribution in [1.82, 2.24) is 14.1 Å². The molecule has 0 aliphatic carbocycles. The van der Waals surface area contributed by atoms with Crippen LogP contribution in [-0.4, -0.2) is 74.8 Å². The lowest BCUT2D eigenvalue weighted by atomic mass is 10.2. The van der Waals surface area contributed by atoms with Gasteiger partial charge in [-0.15, -0.1) is 0 Å². The molecule has 7 nitrogen and oxygen atoms in total. The quantitative estimate of drug-likeness (QED) is 0.616. The predicted octanol–water partition coefficient (Wildman–Crippen LogP) is 1.31. The van der Waals surface area contributed by atoms with E-state index in [0.29, 0.717) is 29.5 Å². The fraction of sp³-hybridized carbons (Fsp3) is 0.632. The van der Waals surface area contributed by atoms with Crippen LogP contribution in [0.1, 0.15) is 31.2 Å². The minimum Gasteiger partial charge on any atom is -0.370 e. The van der Waals surface area contributed by atoms with E-state index in [4.69, 9.17) is 5.73 Å². The second kappa shape index (κ2) is 9.03. The van der Waals surface area contributed by atoms with E-state index >= 15 is 0 Å². The molecule has 0 spiro atoms. The van der Waals surface area contributed by atoms with Crippen LogP contribution < -0.4 is 5.73 Å². The van der Waals surface area contributed by atoms with Crippen molar-refractivity contribution >= 4 is 16.0 Å². The largest absolute Gasteiger partial charge is 0.370 e. The van der Waals surface area contributed by atoms with Gasteiger partial charge < -0.3 is 15.5 Å². The maximum atomic E-state index is 13.1. The van der Waals surface area contributed by atoms with Gasteiger partial charge in [0.05, 0.1) is 11.4 Å². The van der Waals surface area contributed by atoms with Crippen LogP contribution in [0.3, 0.4) is 0 Å². The third-order valence-electron chi connectivity index (χ3n) is 5.39. The first-order valence-corrected chi connectivity index (χ1v) is 11.2. The zero-order valence-electron chi connectivity index (χ0n) is 16.2. The Morgan fingerprint density at radius 1 is 1.00 bits per heavy atom. The van der Waals surface area contributed by atoms with E-state index < -0.39 is 10.0 Å². The highest BCUT2D eigenvalue weighted by atomic mass is 32.2. The molecule has 0 unspecified atom stereocenters. The number of rotatable bonds is 4. The maximum Gasteiger partial charge on any atom is 0.243 e. The predicted molar refractivity (Wildman–Crippen MR) is 108 cm³/mol. The Morgan fingerprint density at radius 2 is 1.63 bits per heavy atom. The van der Waals surface area contributed by atoms with E-state index in [1.807, 2.05) is 19.2 Å². The van der Waals surface area contributed by atoms with Crippen molar-refractivity contribution < 1.29 is 8.42 Å². The first kappa shape index (κ1) is 20.1. The van der Waals surface area contributed by atoms with Crippen LogP contribution in [0.2, 0.25) is 0 Å². The fourth-order valence-corrected chi connectivity index (χ4v) is 5.26. The van der Waals surface area contributed by atoms with Crippen molar-refractivity contribution in [2.75, 3.05) is 46.3 Å². The van der Waals surface area contributed by atoms with E-state index in [1.165, 1.54) is 12.8 Å². The first-order valence-electron chi connectivity index (χ1n) is 9.80. The Hall–Kier alpha value is -1.64. The summed E-state index contributed by atoms with van der Waals surface area (Å²) in [6.45, 7) is 4.68. The van der Waals surface area contributed by atoms with E-state index in [1.54, 1.807) is 16.4 Å². The second-order valence-corrected chi connectivity index (χ2v) is 9.30. The van der Waals surface area contributed by atoms with E-state index in [9.17, 15) is 8.42 Å². The number of likely N-dealkylation sites (N-methyl/N-ethyl adjacent to an activating group) is 1. The zero-order chi connectivity index (χ0) is 19.3. The molecule has 0 amide bonds. The highest BCUT2D eigenvalue weighted by molar-refractivity contribution is 7.89. The number of sulfonamides is 1. The van der Waals surface area contributed by atoms with Crippen LogP contribution in [0.25, 0.3) is 0 Å². The number of guanidine groups is 1. The van der Waals surface area contributed by atoms with Gasteiger partial charge in [0, 0.05) is 39.3 Å². The zero-order valence-corrected chi connectivity index (χ0v) is 17.0. The molecule has 0 radical (unpaired) electrons. The number of aliphatic imine (C=N–C) groups is 1. The highest BCUT2D eigenvalue weighted by Crippen LogP contribution is 2.22. The van der Waals surface area contributed by atoms with Crippen molar-refractivity contribution in [3.05, 3.63) is 29.8 Å². The highest BCUT2D eigenvalue weighted by Gasteiger charge is 2.29. The van der Waals surface area contributed by atoms with Gasteiger partial charge in [0.2, 0.25) is 10.0 Å². The second-order valence-electron chi connectivity index (χ2n) is 7.39. The average Bonchev–Trinajstić information content (AvgIpc) is 2.96. The lowest BCUT2D eigenvalue weighted by Crippen LogP contribution is -2.47. The number of hydrogen-bond donors (Lipinski definition) is 1. The molecule has 150 valence electrons. The summed E-state index contributed by atoms with van der Waals surface area (Å²) in [5.41, 5.74) is 6.90. The Kier molecular flexibility index (Phi) is 6.73. The van der Waals surface area contributed by atoms with Gasteiger partial charge >= 0.3 is 0 Å². The molecule has 3 rings (SSSR count). The standard InChI is InChI=1S/C19H31N5O2S/c1-22-12-14-24(15-13-22)27(25,26)18-9-5-4-8-17(18)16-21-19(20)23-10-6-2-3-7-11-23/h4-5,8-9H,2-3,6-7,10-16H2,1H3,(H2,20,21). The lowest BCUT2D eigenvalue weighted by molar-refractivity contribution is 0.222. The van der Waals surface area contributed by atoms with Crippen LogP contribution in [0.4, 0.5) is 0 Å². The molecule has 8 heteroatoms. The number of likely N-dealkylation sites (tertiary alicyclic amines) is 1. The SMILES string of the molecule is CN1CCN(S(=O)(=O)c2ccccc2CN=C(N)N2CCCCCC2)CC1. The molecule has 2 aliphatic rings. The number of hydrogen-bond acceptors (Lipinski definition) is 4. The van der Waals surface area contributed by atoms with Crippen LogP contribution in [0, 0.1) is 0 Å². The van der Waals surface area contributed by atoms with Crippen LogP contribution in [0.15, 0.2) is 34.2 Å². The van der Waals surface area contributed by atoms with Crippen molar-refractivity contribution in [2.45, 2.75) is 37.1 Å². The number of nitrogens with zero attached hydrogens (tertiary/aromatic N) is 4. The van der Waals surface area contributed by atoms with Crippen molar-refractivity contribution in [3.63, 3.8) is 0 Å². The Bertz CT molecular complexity index is 749. The first-order chi connectivity index (χ1) is 13.0. The number of piperazine rings is 1. The topological polar surface area (TPSA) is 82.2 Å². The molecular formula is C19H31N5O2S. The molecule has 0 atom stereocenters. The summed E-state index contributed by atoms with van der Waals surface area (Å²) in [6.07, 6.45) is 4.72. The maximum absolute atomic E-state index is 13.1. The van der Waals surface area contributed by atoms with E-state index in [-0.39, 0.29) is 6.54 Å². The Labute approximate surface area is 162 Å². The summed E-state index contributed by atoms with van der Waals surface area (Å²) < 4.78 is 27.8. The summed E-state index contributed by atoms with van der Waals surface area (Å²) in [4.78, 5) is 9.13. The van der Waals surface area contributed by atoms with Gasteiger partial charge in [-0.3, -0.25) is 0 Å². The van der Waals surface area contributed by atoms with Gasteiger partial charge in [0.1, 0.15) is 0 Å². The molecule has 2 fully saturated rings. The molecule has 0 bridgehead atoms. The minimum absolute atomic E-state index is 0.283. The monoisotopic (exact) mass is 393 g/mol. The molecule has 2 heterocycles. The molecule has 1 aromatic carbocycles. The summed E-state index contributed by atoms with van der Waals surface area (Å²) in [5.74, 6) is 0.517. The molecule has 2 saturated heterocycles. The lowest BCUT2D eigenvalue weighted by Gasteiger charge is -2.32. The summed E-state index contributed by atoms with van der Waals surface area (Å²) in [7, 11) is -1.50. The van der Waals surface area contributed by atoms with E-state index in [2.05, 4.69) is 14.8 Å². The molecule has 27 heavy (non-hydrogen) atoms. The summed E-state index contributed by atoms with van der Waals surface area (Å²) in [5, 5.41) is 0. The summed E-state index contributed by atoms with van der Waals surface area (Å²) >= 11 is 0. The summed E-state index contributed by atoms with van der Waals surface area (Å²) in [6, 6.07) is 7.15. The normalized spacial score (nSPS) is 21.2. The average molecular weight is 394 g/mol. The third kappa shape index (κ3) is 5.00. The van der Waals surface area contributed by atoms with Gasteiger partial charge in [-0.1, -0.05) is 31.0 Å². The Morgan fingerprint density at radius 3 is 2.30 bits per heavy atom. The van der Waals surface area contributed by atoms with Crippen LogP contribution >= 0.6 is 0 Å². The molecule has 2 N–H and O–H groups in total. The van der Waals surface area contributed by atoms with Gasteiger partial charge in [0.25, 0.3) is 0 Å². The van der Waals surface area contributed by atoms with Crippen LogP contribution in [0.5, 0.6) is 0 Å². The van der Waals surface area contributed by atoms with Gasteiger partial charge in [-0.25, -0.2) is 13.4 Å². The molecule has 1 aromatic rings. The van der Waals surface area contributed by atoms with Crippen molar-refractivity contribution in [1.29, 1.82) is 0 Å². The van der Waals surface area contributed by atoms with Crippen molar-refractivity contribution in [3.8, 4) is 0 Å². The van der Waals surface area contributed by atoms with Gasteiger partial charge in [0.15, 0.2) is 5.96 Å². The number of benzene rings is 1. The molecular weight excluding hydrogens is 362 g/mol. The molecule has 0 aromatic heterocycles. The Balaban J connectivity index is 1.76. The number of nitrogens with two attached hydrogens (primary N) is 1.